The molecule has 0 aliphatic heterocycles. The Balaban J connectivity index is 2.14. The predicted octanol–water partition coefficient (Wildman–Crippen LogP) is 4.05. The molecule has 0 aliphatic rings. The van der Waals surface area contributed by atoms with Gasteiger partial charge >= 0.3 is 0 Å². The Morgan fingerprint density at radius 1 is 1.10 bits per heavy atom. The zero-order valence-corrected chi connectivity index (χ0v) is 13.4. The zero-order chi connectivity index (χ0) is 14.6. The lowest BCUT2D eigenvalue weighted by Gasteiger charge is -2.18. The molecule has 0 aromatic heterocycles. The van der Waals surface area contributed by atoms with Gasteiger partial charge in [0.2, 0.25) is 0 Å². The molecule has 0 fully saturated rings. The summed E-state index contributed by atoms with van der Waals surface area (Å²) in [5, 5.41) is 3.50. The first kappa shape index (κ1) is 17.2. The van der Waals surface area contributed by atoms with Crippen molar-refractivity contribution >= 4 is 0 Å². The fourth-order valence-corrected chi connectivity index (χ4v) is 2.27. The topological polar surface area (TPSA) is 21.3 Å². The molecule has 0 radical (unpaired) electrons. The molecule has 0 bridgehead atoms. The summed E-state index contributed by atoms with van der Waals surface area (Å²) in [6, 6.07) is 10.6. The molecule has 1 aromatic rings. The quantitative estimate of drug-likeness (QED) is 0.616. The van der Waals surface area contributed by atoms with E-state index in [2.05, 4.69) is 56.4 Å². The minimum Gasteiger partial charge on any atom is -0.377 e. The van der Waals surface area contributed by atoms with Gasteiger partial charge in [0.15, 0.2) is 0 Å². The van der Waals surface area contributed by atoms with Gasteiger partial charge in [0.25, 0.3) is 0 Å². The van der Waals surface area contributed by atoms with E-state index < -0.39 is 0 Å². The third-order valence-electron chi connectivity index (χ3n) is 3.34. The number of hydrogen-bond donors (Lipinski definition) is 1. The van der Waals surface area contributed by atoms with E-state index in [4.69, 9.17) is 4.74 Å². The van der Waals surface area contributed by atoms with Crippen LogP contribution < -0.4 is 5.32 Å². The summed E-state index contributed by atoms with van der Waals surface area (Å²) in [5.41, 5.74) is 1.40. The molecule has 1 atom stereocenters. The largest absolute Gasteiger partial charge is 0.377 e. The van der Waals surface area contributed by atoms with E-state index in [1.54, 1.807) is 0 Å². The Hall–Kier alpha value is -0.860. The van der Waals surface area contributed by atoms with Crippen LogP contribution in [0.5, 0.6) is 0 Å². The van der Waals surface area contributed by atoms with Crippen molar-refractivity contribution in [3.05, 3.63) is 35.9 Å². The van der Waals surface area contributed by atoms with Gasteiger partial charge in [-0.2, -0.15) is 0 Å². The van der Waals surface area contributed by atoms with Crippen LogP contribution in [0, 0.1) is 5.92 Å². The van der Waals surface area contributed by atoms with Crippen LogP contribution in [0.25, 0.3) is 0 Å². The SMILES string of the molecule is CCCC(CNCC(C)C)OCCCc1ccccc1. The number of rotatable bonds is 11. The molecule has 0 aliphatic carbocycles. The molecular weight excluding hydrogens is 246 g/mol. The first-order chi connectivity index (χ1) is 9.72. The van der Waals surface area contributed by atoms with Crippen LogP contribution in [-0.4, -0.2) is 25.8 Å². The second kappa shape index (κ2) is 10.9. The summed E-state index contributed by atoms with van der Waals surface area (Å²) in [5.74, 6) is 0.704. The summed E-state index contributed by atoms with van der Waals surface area (Å²) in [6.45, 7) is 9.63. The van der Waals surface area contributed by atoms with E-state index in [1.165, 1.54) is 12.0 Å². The highest BCUT2D eigenvalue weighted by Gasteiger charge is 2.07. The molecule has 2 heteroatoms. The molecule has 0 amide bonds. The van der Waals surface area contributed by atoms with Crippen LogP contribution in [0.4, 0.5) is 0 Å². The van der Waals surface area contributed by atoms with Gasteiger partial charge in [0.1, 0.15) is 0 Å². The van der Waals surface area contributed by atoms with E-state index in [1.807, 2.05) is 0 Å². The maximum Gasteiger partial charge on any atom is 0.0699 e. The van der Waals surface area contributed by atoms with Crippen molar-refractivity contribution in [2.24, 2.45) is 5.92 Å². The number of ether oxygens (including phenoxy) is 1. The summed E-state index contributed by atoms with van der Waals surface area (Å²) < 4.78 is 6.02. The van der Waals surface area contributed by atoms with Crippen molar-refractivity contribution in [2.45, 2.75) is 52.6 Å². The van der Waals surface area contributed by atoms with Crippen molar-refractivity contribution in [3.8, 4) is 0 Å². The van der Waals surface area contributed by atoms with Crippen LogP contribution in [0.15, 0.2) is 30.3 Å². The lowest BCUT2D eigenvalue weighted by Crippen LogP contribution is -2.31. The standard InChI is InChI=1S/C18H31NO/c1-4-9-18(15-19-14-16(2)3)20-13-8-12-17-10-6-5-7-11-17/h5-7,10-11,16,18-19H,4,8-9,12-15H2,1-3H3. The normalized spacial score (nSPS) is 12.8. The lowest BCUT2D eigenvalue weighted by molar-refractivity contribution is 0.0453. The Morgan fingerprint density at radius 2 is 1.85 bits per heavy atom. The van der Waals surface area contributed by atoms with Gasteiger partial charge in [-0.1, -0.05) is 57.5 Å². The van der Waals surface area contributed by atoms with Crippen LogP contribution in [-0.2, 0) is 11.2 Å². The van der Waals surface area contributed by atoms with Crippen molar-refractivity contribution < 1.29 is 4.74 Å². The Kier molecular flexibility index (Phi) is 9.35. The van der Waals surface area contributed by atoms with Crippen LogP contribution in [0.1, 0.15) is 45.6 Å². The Morgan fingerprint density at radius 3 is 2.50 bits per heavy atom. The first-order valence-corrected chi connectivity index (χ1v) is 8.08. The second-order valence-electron chi connectivity index (χ2n) is 5.92. The minimum atomic E-state index is 0.370. The molecule has 1 N–H and O–H groups in total. The van der Waals surface area contributed by atoms with Gasteiger partial charge in [-0.25, -0.2) is 0 Å². The molecule has 0 spiro atoms. The molecule has 0 saturated heterocycles. The molecule has 20 heavy (non-hydrogen) atoms. The first-order valence-electron chi connectivity index (χ1n) is 8.08. The Labute approximate surface area is 124 Å². The lowest BCUT2D eigenvalue weighted by atomic mass is 10.1. The van der Waals surface area contributed by atoms with Gasteiger partial charge in [-0.05, 0) is 37.3 Å². The Bertz CT molecular complexity index is 323. The van der Waals surface area contributed by atoms with Crippen molar-refractivity contribution in [2.75, 3.05) is 19.7 Å². The van der Waals surface area contributed by atoms with E-state index in [0.29, 0.717) is 12.0 Å². The van der Waals surface area contributed by atoms with Crippen LogP contribution >= 0.6 is 0 Å². The van der Waals surface area contributed by atoms with Gasteiger partial charge in [0, 0.05) is 13.2 Å². The molecular formula is C18H31NO. The molecule has 2 nitrogen and oxygen atoms in total. The van der Waals surface area contributed by atoms with E-state index in [9.17, 15) is 0 Å². The smallest absolute Gasteiger partial charge is 0.0699 e. The third-order valence-corrected chi connectivity index (χ3v) is 3.34. The monoisotopic (exact) mass is 277 g/mol. The average molecular weight is 277 g/mol. The number of nitrogens with one attached hydrogen (secondary N) is 1. The highest BCUT2D eigenvalue weighted by Crippen LogP contribution is 2.06. The van der Waals surface area contributed by atoms with Crippen molar-refractivity contribution in [3.63, 3.8) is 0 Å². The highest BCUT2D eigenvalue weighted by molar-refractivity contribution is 5.14. The maximum atomic E-state index is 6.02. The van der Waals surface area contributed by atoms with Gasteiger partial charge in [0.05, 0.1) is 6.10 Å². The summed E-state index contributed by atoms with van der Waals surface area (Å²) >= 11 is 0. The molecule has 1 rings (SSSR count). The predicted molar refractivity (Wildman–Crippen MR) is 87.1 cm³/mol. The van der Waals surface area contributed by atoms with Crippen molar-refractivity contribution in [1.29, 1.82) is 0 Å². The fourth-order valence-electron chi connectivity index (χ4n) is 2.27. The average Bonchev–Trinajstić information content (AvgIpc) is 2.44. The molecule has 1 unspecified atom stereocenters. The second-order valence-corrected chi connectivity index (χ2v) is 5.92. The van der Waals surface area contributed by atoms with E-state index >= 15 is 0 Å². The van der Waals surface area contributed by atoms with Crippen molar-refractivity contribution in [1.82, 2.24) is 5.32 Å². The summed E-state index contributed by atoms with van der Waals surface area (Å²) in [6.07, 6.45) is 4.92. The highest BCUT2D eigenvalue weighted by atomic mass is 16.5. The van der Waals surface area contributed by atoms with Gasteiger partial charge in [-0.3, -0.25) is 0 Å². The number of benzene rings is 1. The minimum absolute atomic E-state index is 0.370. The van der Waals surface area contributed by atoms with Crippen LogP contribution in [0.3, 0.4) is 0 Å². The molecule has 0 heterocycles. The fraction of sp³-hybridized carbons (Fsp3) is 0.667. The molecule has 0 saturated carbocycles. The number of aryl methyl sites for hydroxylation is 1. The molecule has 1 aromatic carbocycles. The van der Waals surface area contributed by atoms with Crippen LogP contribution in [0.2, 0.25) is 0 Å². The van der Waals surface area contributed by atoms with E-state index in [0.717, 1.165) is 39.0 Å². The summed E-state index contributed by atoms with van der Waals surface area (Å²) in [4.78, 5) is 0. The van der Waals surface area contributed by atoms with Gasteiger partial charge in [-0.15, -0.1) is 0 Å². The summed E-state index contributed by atoms with van der Waals surface area (Å²) in [7, 11) is 0. The number of hydrogen-bond acceptors (Lipinski definition) is 2. The van der Waals surface area contributed by atoms with Gasteiger partial charge < -0.3 is 10.1 Å². The molecule has 114 valence electrons. The van der Waals surface area contributed by atoms with E-state index in [-0.39, 0.29) is 0 Å². The maximum absolute atomic E-state index is 6.02. The third kappa shape index (κ3) is 8.34. The zero-order valence-electron chi connectivity index (χ0n) is 13.4.